The Morgan fingerprint density at radius 3 is 2.30 bits per heavy atom. The molecular weight excluding hydrogens is 366 g/mol. The lowest BCUT2D eigenvalue weighted by atomic mass is 9.82. The number of carboxylic acids is 1. The molecule has 0 bridgehead atoms. The number of carbonyl (C=O) groups excluding carboxylic acids is 3. The van der Waals surface area contributed by atoms with Crippen molar-refractivity contribution in [2.45, 2.75) is 12.8 Å². The summed E-state index contributed by atoms with van der Waals surface area (Å²) in [5, 5.41) is 14.4. The Kier molecular flexibility index (Phi) is 5.72. The molecule has 2 aromatic carbocycles. The lowest BCUT2D eigenvalue weighted by Crippen LogP contribution is -2.41. The molecule has 27 heavy (non-hydrogen) atoms. The van der Waals surface area contributed by atoms with Crippen LogP contribution in [0.15, 0.2) is 60.7 Å². The molecule has 0 fully saturated rings. The van der Waals surface area contributed by atoms with E-state index in [2.05, 4.69) is 5.32 Å². The van der Waals surface area contributed by atoms with E-state index in [1.54, 1.807) is 54.6 Å². The molecule has 0 heterocycles. The van der Waals surface area contributed by atoms with Crippen LogP contribution < -0.4 is 10.4 Å². The van der Waals surface area contributed by atoms with E-state index in [0.29, 0.717) is 22.7 Å². The van der Waals surface area contributed by atoms with Gasteiger partial charge in [0.25, 0.3) is 0 Å². The van der Waals surface area contributed by atoms with E-state index < -0.39 is 23.7 Å². The molecule has 0 saturated carbocycles. The Labute approximate surface area is 161 Å². The zero-order chi connectivity index (χ0) is 19.4. The van der Waals surface area contributed by atoms with Crippen molar-refractivity contribution in [3.8, 4) is 0 Å². The zero-order valence-corrected chi connectivity index (χ0v) is 15.1. The van der Waals surface area contributed by atoms with Gasteiger partial charge in [-0.05, 0) is 31.0 Å². The van der Waals surface area contributed by atoms with Crippen molar-refractivity contribution in [1.82, 2.24) is 0 Å². The number of halogens is 1. The van der Waals surface area contributed by atoms with Crippen LogP contribution in [-0.2, 0) is 9.59 Å². The molecule has 138 valence electrons. The lowest BCUT2D eigenvalue weighted by molar-refractivity contribution is -0.313. The summed E-state index contributed by atoms with van der Waals surface area (Å²) in [6, 6.07) is 13.2. The maximum Gasteiger partial charge on any atom is 0.228 e. The fourth-order valence-corrected chi connectivity index (χ4v) is 3.32. The van der Waals surface area contributed by atoms with Crippen LogP contribution in [0.3, 0.4) is 0 Å². The Balaban J connectivity index is 1.89. The molecule has 0 saturated heterocycles. The zero-order valence-electron chi connectivity index (χ0n) is 14.4. The number of carboxylic acid groups (broad SMARTS) is 1. The first-order chi connectivity index (χ1) is 13.0. The van der Waals surface area contributed by atoms with Crippen LogP contribution in [0, 0.1) is 11.8 Å². The molecule has 0 spiro atoms. The third kappa shape index (κ3) is 4.26. The predicted octanol–water partition coefficient (Wildman–Crippen LogP) is 2.84. The van der Waals surface area contributed by atoms with E-state index in [1.165, 1.54) is 6.07 Å². The molecule has 2 aromatic rings. The molecule has 0 aliphatic heterocycles. The maximum atomic E-state index is 12.8. The number of benzene rings is 2. The quantitative estimate of drug-likeness (QED) is 0.636. The van der Waals surface area contributed by atoms with Gasteiger partial charge < -0.3 is 15.2 Å². The second-order valence-electron chi connectivity index (χ2n) is 6.35. The summed E-state index contributed by atoms with van der Waals surface area (Å²) in [5.74, 6) is -3.64. The molecule has 1 N–H and O–H groups in total. The minimum atomic E-state index is -1.25. The van der Waals surface area contributed by atoms with E-state index in [1.807, 2.05) is 0 Å². The van der Waals surface area contributed by atoms with Crippen LogP contribution in [0.5, 0.6) is 0 Å². The van der Waals surface area contributed by atoms with Gasteiger partial charge in [0, 0.05) is 28.0 Å². The highest BCUT2D eigenvalue weighted by Crippen LogP contribution is 2.29. The highest BCUT2D eigenvalue weighted by Gasteiger charge is 2.30. The SMILES string of the molecule is O=C(c1ccccc1)c1cc(Cl)ccc1NC(=O)C1CC=CCC1C(=O)[O-]. The van der Waals surface area contributed by atoms with Crippen LogP contribution >= 0.6 is 11.6 Å². The molecule has 6 heteroatoms. The van der Waals surface area contributed by atoms with E-state index >= 15 is 0 Å². The summed E-state index contributed by atoms with van der Waals surface area (Å²) in [6.07, 6.45) is 4.06. The molecule has 0 radical (unpaired) electrons. The van der Waals surface area contributed by atoms with Gasteiger partial charge in [0.15, 0.2) is 5.78 Å². The topological polar surface area (TPSA) is 86.3 Å². The second-order valence-corrected chi connectivity index (χ2v) is 6.79. The smallest absolute Gasteiger partial charge is 0.228 e. The molecule has 2 unspecified atom stereocenters. The summed E-state index contributed by atoms with van der Waals surface area (Å²) in [5.41, 5.74) is 1.01. The van der Waals surface area contributed by atoms with Crippen molar-refractivity contribution in [3.63, 3.8) is 0 Å². The van der Waals surface area contributed by atoms with Gasteiger partial charge >= 0.3 is 0 Å². The second kappa shape index (κ2) is 8.18. The van der Waals surface area contributed by atoms with Gasteiger partial charge in [-0.15, -0.1) is 0 Å². The van der Waals surface area contributed by atoms with Crippen LogP contribution in [-0.4, -0.2) is 17.7 Å². The summed E-state index contributed by atoms with van der Waals surface area (Å²) < 4.78 is 0. The van der Waals surface area contributed by atoms with Gasteiger partial charge in [0.2, 0.25) is 5.91 Å². The van der Waals surface area contributed by atoms with Crippen LogP contribution in [0.1, 0.15) is 28.8 Å². The molecule has 5 nitrogen and oxygen atoms in total. The first kappa shape index (κ1) is 18.9. The van der Waals surface area contributed by atoms with Crippen LogP contribution in [0.25, 0.3) is 0 Å². The number of ketones is 1. The van der Waals surface area contributed by atoms with Crippen molar-refractivity contribution in [2.75, 3.05) is 5.32 Å². The highest BCUT2D eigenvalue weighted by atomic mass is 35.5. The number of rotatable bonds is 5. The van der Waals surface area contributed by atoms with Gasteiger partial charge in [0.1, 0.15) is 0 Å². The molecule has 2 atom stereocenters. The summed E-state index contributed by atoms with van der Waals surface area (Å²) in [6.45, 7) is 0. The van der Waals surface area contributed by atoms with Gasteiger partial charge in [-0.3, -0.25) is 9.59 Å². The maximum absolute atomic E-state index is 12.8. The summed E-state index contributed by atoms with van der Waals surface area (Å²) in [7, 11) is 0. The number of carbonyl (C=O) groups is 3. The normalized spacial score (nSPS) is 18.7. The predicted molar refractivity (Wildman–Crippen MR) is 100 cm³/mol. The molecule has 1 aliphatic rings. The fraction of sp³-hybridized carbons (Fsp3) is 0.190. The standard InChI is InChI=1S/C21H18ClNO4/c22-14-10-11-18(17(12-14)19(24)13-6-2-1-3-7-13)23-20(25)15-8-4-5-9-16(15)21(26)27/h1-7,10-12,15-16H,8-9H2,(H,23,25)(H,26,27)/p-1. The van der Waals surface area contributed by atoms with E-state index in [4.69, 9.17) is 11.6 Å². The Morgan fingerprint density at radius 1 is 0.963 bits per heavy atom. The first-order valence-corrected chi connectivity index (χ1v) is 8.91. The number of anilines is 1. The highest BCUT2D eigenvalue weighted by molar-refractivity contribution is 6.31. The number of aliphatic carboxylic acids is 1. The van der Waals surface area contributed by atoms with Gasteiger partial charge in [0.05, 0.1) is 11.6 Å². The van der Waals surface area contributed by atoms with Gasteiger partial charge in [-0.2, -0.15) is 0 Å². The molecular formula is C21H17ClNO4-. The van der Waals surface area contributed by atoms with Crippen molar-refractivity contribution in [1.29, 1.82) is 0 Å². The van der Waals surface area contributed by atoms with Crippen LogP contribution in [0.4, 0.5) is 5.69 Å². The average molecular weight is 383 g/mol. The van der Waals surface area contributed by atoms with E-state index in [9.17, 15) is 19.5 Å². The lowest BCUT2D eigenvalue weighted by Gasteiger charge is -2.28. The number of hydrogen-bond donors (Lipinski definition) is 1. The molecule has 1 aliphatic carbocycles. The van der Waals surface area contributed by atoms with Crippen molar-refractivity contribution in [2.24, 2.45) is 11.8 Å². The van der Waals surface area contributed by atoms with Crippen LogP contribution in [0.2, 0.25) is 5.02 Å². The average Bonchev–Trinajstić information content (AvgIpc) is 2.69. The minimum Gasteiger partial charge on any atom is -0.550 e. The molecule has 1 amide bonds. The Bertz CT molecular complexity index is 908. The van der Waals surface area contributed by atoms with E-state index in [0.717, 1.165) is 0 Å². The summed E-state index contributed by atoms with van der Waals surface area (Å²) >= 11 is 6.04. The number of allylic oxidation sites excluding steroid dienone is 2. The third-order valence-corrected chi connectivity index (χ3v) is 4.83. The fourth-order valence-electron chi connectivity index (χ4n) is 3.15. The monoisotopic (exact) mass is 382 g/mol. The number of hydrogen-bond acceptors (Lipinski definition) is 4. The van der Waals surface area contributed by atoms with Gasteiger partial charge in [-0.1, -0.05) is 54.1 Å². The minimum absolute atomic E-state index is 0.247. The van der Waals surface area contributed by atoms with Gasteiger partial charge in [-0.25, -0.2) is 0 Å². The first-order valence-electron chi connectivity index (χ1n) is 8.53. The Morgan fingerprint density at radius 2 is 1.63 bits per heavy atom. The number of nitrogens with one attached hydrogen (secondary N) is 1. The van der Waals surface area contributed by atoms with E-state index in [-0.39, 0.29) is 17.8 Å². The largest absolute Gasteiger partial charge is 0.550 e. The third-order valence-electron chi connectivity index (χ3n) is 4.59. The van der Waals surface area contributed by atoms with Crippen molar-refractivity contribution < 1.29 is 19.5 Å². The number of amides is 1. The Hall–Kier alpha value is -2.92. The molecule has 0 aromatic heterocycles. The summed E-state index contributed by atoms with van der Waals surface area (Å²) in [4.78, 5) is 36.9. The van der Waals surface area contributed by atoms with Crippen molar-refractivity contribution >= 4 is 34.9 Å². The molecule has 3 rings (SSSR count). The van der Waals surface area contributed by atoms with Crippen molar-refractivity contribution in [3.05, 3.63) is 76.8 Å².